The molecule has 0 saturated carbocycles. The molecule has 4 aromatic carbocycles. The Bertz CT molecular complexity index is 2110. The lowest BCUT2D eigenvalue weighted by Gasteiger charge is -2.39. The van der Waals surface area contributed by atoms with Gasteiger partial charge in [0.05, 0.1) is 52.3 Å². The summed E-state index contributed by atoms with van der Waals surface area (Å²) in [5, 5.41) is 24.1. The lowest BCUT2D eigenvalue weighted by atomic mass is 9.86. The van der Waals surface area contributed by atoms with Crippen LogP contribution >= 0.6 is 0 Å². The second-order valence-electron chi connectivity index (χ2n) is 17.0. The Labute approximate surface area is 344 Å². The van der Waals surface area contributed by atoms with Crippen molar-refractivity contribution >= 4 is 30.5 Å². The van der Waals surface area contributed by atoms with E-state index in [-0.39, 0.29) is 30.6 Å². The number of hydrogen-bond acceptors (Lipinski definition) is 8. The number of aliphatic hydroxyl groups is 1. The molecule has 0 radical (unpaired) electrons. The molecule has 1 aromatic heterocycles. The molecule has 8 rings (SSSR count). The number of benzene rings is 4. The van der Waals surface area contributed by atoms with Gasteiger partial charge in [-0.15, -0.1) is 5.10 Å². The Morgan fingerprint density at radius 3 is 2.26 bits per heavy atom. The number of methoxy groups -OCH3 is 1. The van der Waals surface area contributed by atoms with Gasteiger partial charge in [-0.25, -0.2) is 0 Å². The molecule has 2 N–H and O–H groups in total. The second kappa shape index (κ2) is 17.2. The number of ether oxygens (including phenoxy) is 2. The van der Waals surface area contributed by atoms with E-state index in [1.165, 1.54) is 10.8 Å². The largest absolute Gasteiger partial charge is 0.497 e. The van der Waals surface area contributed by atoms with Crippen molar-refractivity contribution in [1.82, 2.24) is 20.3 Å². The Balaban J connectivity index is 0.969. The van der Waals surface area contributed by atoms with E-state index < -0.39 is 13.6 Å². The quantitative estimate of drug-likeness (QED) is 0.119. The number of carbonyl (C=O) groups excluding carboxylic acids is 1. The first kappa shape index (κ1) is 40.0. The predicted octanol–water partition coefficient (Wildman–Crippen LogP) is 6.76. The van der Waals surface area contributed by atoms with Crippen LogP contribution in [0.25, 0.3) is 0 Å². The summed E-state index contributed by atoms with van der Waals surface area (Å²) >= 11 is 0. The number of anilines is 2. The number of carbonyl (C=O) groups is 1. The van der Waals surface area contributed by atoms with Gasteiger partial charge < -0.3 is 24.8 Å². The van der Waals surface area contributed by atoms with Crippen molar-refractivity contribution in [1.29, 1.82) is 0 Å². The van der Waals surface area contributed by atoms with E-state index in [1.54, 1.807) is 7.11 Å². The number of piperidine rings is 1. The molecule has 1 amide bonds. The lowest BCUT2D eigenvalue weighted by Crippen LogP contribution is -2.55. The molecular formula is C47H58N6O4Si. The van der Waals surface area contributed by atoms with Crippen LogP contribution in [0.1, 0.15) is 55.3 Å². The molecule has 4 heterocycles. The molecule has 11 heteroatoms. The summed E-state index contributed by atoms with van der Waals surface area (Å²) in [6.07, 6.45) is 6.40. The Kier molecular flexibility index (Phi) is 11.9. The van der Waals surface area contributed by atoms with Gasteiger partial charge in [0.1, 0.15) is 11.3 Å². The van der Waals surface area contributed by atoms with Gasteiger partial charge in [0.2, 0.25) is 0 Å². The maximum atomic E-state index is 14.2. The maximum absolute atomic E-state index is 14.2. The monoisotopic (exact) mass is 798 g/mol. The van der Waals surface area contributed by atoms with E-state index in [0.29, 0.717) is 24.7 Å². The predicted molar refractivity (Wildman–Crippen MR) is 233 cm³/mol. The van der Waals surface area contributed by atoms with Crippen molar-refractivity contribution < 1.29 is 19.4 Å². The van der Waals surface area contributed by atoms with Crippen molar-refractivity contribution in [2.75, 3.05) is 43.3 Å². The average Bonchev–Trinajstić information content (AvgIpc) is 3.94. The standard InChI is InChI=1S/C47H58N6O4Si/c1-34-43(24-17-35-15-18-37(19-16-35)52-33-53(38-13-9-6-10-14-38)47(46(52)55)26-28-48-29-27-47)57-44(45(34)58(3,4)40-22-20-39(56-2)21-23-40)25-30-51-31-42(49-50-51)41(32-54)36-11-7-5-8-12-36/h5-16,18-23,31,34,41,43-45,48,54H,17,24-30,32-33H2,1-4H3/t34-,41?,43+,44-,45+/m0/s1. The zero-order chi connectivity index (χ0) is 40.3. The number of para-hydroxylation sites is 1. The summed E-state index contributed by atoms with van der Waals surface area (Å²) in [5.41, 5.74) is 4.98. The highest BCUT2D eigenvalue weighted by atomic mass is 28.3. The van der Waals surface area contributed by atoms with E-state index in [1.807, 2.05) is 52.2 Å². The molecule has 1 unspecified atom stereocenters. The van der Waals surface area contributed by atoms with Crippen molar-refractivity contribution in [2.45, 2.75) is 87.9 Å². The van der Waals surface area contributed by atoms with E-state index in [2.05, 4.69) is 113 Å². The topological polar surface area (TPSA) is 105 Å². The molecule has 3 aliphatic heterocycles. The summed E-state index contributed by atoms with van der Waals surface area (Å²) in [4.78, 5) is 18.5. The van der Waals surface area contributed by atoms with Crippen molar-refractivity contribution in [3.05, 3.63) is 132 Å². The summed E-state index contributed by atoms with van der Waals surface area (Å²) in [5.74, 6) is 1.22. The molecule has 3 aliphatic rings. The van der Waals surface area contributed by atoms with Gasteiger partial charge in [0, 0.05) is 24.1 Å². The van der Waals surface area contributed by atoms with Crippen LogP contribution in [0, 0.1) is 5.92 Å². The molecule has 5 atom stereocenters. The first-order valence-electron chi connectivity index (χ1n) is 21.0. The zero-order valence-corrected chi connectivity index (χ0v) is 35.3. The summed E-state index contributed by atoms with van der Waals surface area (Å²) < 4.78 is 14.5. The molecule has 3 saturated heterocycles. The molecular weight excluding hydrogens is 741 g/mol. The van der Waals surface area contributed by atoms with Gasteiger partial charge in [-0.1, -0.05) is 103 Å². The van der Waals surface area contributed by atoms with Gasteiger partial charge in [0.15, 0.2) is 0 Å². The van der Waals surface area contributed by atoms with Crippen LogP contribution in [0.15, 0.2) is 115 Å². The fraction of sp³-hybridized carbons (Fsp3) is 0.426. The number of rotatable bonds is 14. The van der Waals surface area contributed by atoms with Crippen molar-refractivity contribution in [3.63, 3.8) is 0 Å². The fourth-order valence-electron chi connectivity index (χ4n) is 10.1. The third-order valence-corrected chi connectivity index (χ3v) is 17.8. The minimum Gasteiger partial charge on any atom is -0.497 e. The van der Waals surface area contributed by atoms with E-state index in [9.17, 15) is 9.90 Å². The minimum absolute atomic E-state index is 0.0258. The molecule has 58 heavy (non-hydrogen) atoms. The molecule has 304 valence electrons. The smallest absolute Gasteiger partial charge is 0.254 e. The number of nitrogens with one attached hydrogen (secondary N) is 1. The number of aryl methyl sites for hydroxylation is 2. The highest BCUT2D eigenvalue weighted by Gasteiger charge is 2.53. The summed E-state index contributed by atoms with van der Waals surface area (Å²) in [6, 6.07) is 37.7. The third kappa shape index (κ3) is 7.85. The fourth-order valence-corrected chi connectivity index (χ4v) is 14.2. The molecule has 0 aliphatic carbocycles. The van der Waals surface area contributed by atoms with Crippen LogP contribution in [-0.4, -0.2) is 85.3 Å². The van der Waals surface area contributed by atoms with Gasteiger partial charge in [-0.3, -0.25) is 14.4 Å². The van der Waals surface area contributed by atoms with Crippen molar-refractivity contribution in [2.24, 2.45) is 5.92 Å². The third-order valence-electron chi connectivity index (χ3n) is 13.4. The van der Waals surface area contributed by atoms with Crippen molar-refractivity contribution in [3.8, 4) is 5.75 Å². The van der Waals surface area contributed by atoms with Crippen LogP contribution in [0.4, 0.5) is 11.4 Å². The number of nitrogens with zero attached hydrogens (tertiary/aromatic N) is 5. The number of aromatic nitrogens is 3. The summed E-state index contributed by atoms with van der Waals surface area (Å²) in [6.45, 7) is 10.3. The van der Waals surface area contributed by atoms with Crippen LogP contribution in [0.3, 0.4) is 0 Å². The highest BCUT2D eigenvalue weighted by molar-refractivity contribution is 6.91. The number of hydrogen-bond donors (Lipinski definition) is 2. The van der Waals surface area contributed by atoms with E-state index in [0.717, 1.165) is 73.6 Å². The first-order valence-corrected chi connectivity index (χ1v) is 24.1. The molecule has 3 fully saturated rings. The number of aliphatic hydroxyl groups excluding tert-OH is 1. The second-order valence-corrected chi connectivity index (χ2v) is 21.7. The van der Waals surface area contributed by atoms with E-state index >= 15 is 0 Å². The van der Waals surface area contributed by atoms with Gasteiger partial charge in [0.25, 0.3) is 5.91 Å². The van der Waals surface area contributed by atoms with Crippen LogP contribution in [0.2, 0.25) is 18.6 Å². The molecule has 1 spiro atoms. The lowest BCUT2D eigenvalue weighted by molar-refractivity contribution is -0.122. The van der Waals surface area contributed by atoms with E-state index in [4.69, 9.17) is 9.47 Å². The Hall–Kier alpha value is -4.81. The Morgan fingerprint density at radius 1 is 0.897 bits per heavy atom. The molecule has 5 aromatic rings. The first-order chi connectivity index (χ1) is 28.2. The van der Waals surface area contributed by atoms with Crippen LogP contribution < -0.4 is 25.0 Å². The van der Waals surface area contributed by atoms with Gasteiger partial charge in [-0.2, -0.15) is 0 Å². The zero-order valence-electron chi connectivity index (χ0n) is 34.3. The highest BCUT2D eigenvalue weighted by Crippen LogP contribution is 2.47. The maximum Gasteiger partial charge on any atom is 0.254 e. The average molecular weight is 799 g/mol. The van der Waals surface area contributed by atoms with Crippen LogP contribution in [0.5, 0.6) is 5.75 Å². The Morgan fingerprint density at radius 2 is 1.59 bits per heavy atom. The molecule has 0 bridgehead atoms. The minimum atomic E-state index is -2.04. The van der Waals surface area contributed by atoms with Gasteiger partial charge >= 0.3 is 0 Å². The van der Waals surface area contributed by atoms with Crippen LogP contribution in [-0.2, 0) is 22.5 Å². The number of amides is 1. The normalized spacial score (nSPS) is 22.5. The van der Waals surface area contributed by atoms with Gasteiger partial charge in [-0.05, 0) is 104 Å². The SMILES string of the molecule is COc1ccc([Si](C)(C)[C@@H]2[C@@H](C)[C@@H](CCc3ccc(N4CN(c5ccccc5)C5(CCNCC5)C4=O)cc3)O[C@H]2CCn2cc(C(CO)c3ccccc3)nn2)cc1. The summed E-state index contributed by atoms with van der Waals surface area (Å²) in [7, 11) is -0.325. The molecule has 10 nitrogen and oxygen atoms in total.